The summed E-state index contributed by atoms with van der Waals surface area (Å²) in [6, 6.07) is 10.1. The van der Waals surface area contributed by atoms with Crippen LogP contribution in [0.5, 0.6) is 0 Å². The number of hydrogen-bond donors (Lipinski definition) is 2. The minimum Gasteiger partial charge on any atom is -0.355 e. The lowest BCUT2D eigenvalue weighted by atomic mass is 9.94. The van der Waals surface area contributed by atoms with E-state index in [4.69, 9.17) is 5.73 Å². The number of imide groups is 1. The van der Waals surface area contributed by atoms with Crippen molar-refractivity contribution in [3.8, 4) is 0 Å². The van der Waals surface area contributed by atoms with Crippen molar-refractivity contribution in [3.05, 3.63) is 69.8 Å². The molecule has 3 rings (SSSR count). The zero-order chi connectivity index (χ0) is 19.7. The zero-order valence-corrected chi connectivity index (χ0v) is 16.9. The Labute approximate surface area is 170 Å². The number of aryl methyl sites for hydroxylation is 2. The topological polar surface area (TPSA) is 92.5 Å². The Morgan fingerprint density at radius 1 is 1.07 bits per heavy atom. The Morgan fingerprint density at radius 2 is 1.57 bits per heavy atom. The molecule has 3 amide bonds. The molecule has 1 aliphatic rings. The second-order valence-electron chi connectivity index (χ2n) is 6.90. The number of halogens is 1. The molecule has 0 aliphatic carbocycles. The number of fused-ring (bicyclic) bond motifs is 1. The number of nitrogens with one attached hydrogen (secondary N) is 1. The molecule has 1 heterocycles. The van der Waals surface area contributed by atoms with Crippen LogP contribution in [0.1, 0.15) is 47.8 Å². The maximum atomic E-state index is 12.5. The molecule has 0 bridgehead atoms. The number of benzene rings is 2. The lowest BCUT2D eigenvalue weighted by Crippen LogP contribution is -2.42. The van der Waals surface area contributed by atoms with Crippen LogP contribution in [-0.4, -0.2) is 42.3 Å². The Bertz CT molecular complexity index is 884. The van der Waals surface area contributed by atoms with Crippen LogP contribution >= 0.6 is 12.4 Å². The van der Waals surface area contributed by atoms with Crippen LogP contribution in [0.25, 0.3) is 0 Å². The molecule has 2 aromatic carbocycles. The van der Waals surface area contributed by atoms with Crippen molar-refractivity contribution in [3.63, 3.8) is 0 Å². The molecule has 0 spiro atoms. The van der Waals surface area contributed by atoms with Crippen molar-refractivity contribution in [1.82, 2.24) is 10.2 Å². The Kier molecular flexibility index (Phi) is 6.59. The first-order valence-electron chi connectivity index (χ1n) is 8.86. The number of amides is 3. The van der Waals surface area contributed by atoms with Crippen molar-refractivity contribution in [2.75, 3.05) is 13.6 Å². The molecular weight excluding hydrogens is 378 g/mol. The average molecular weight is 402 g/mol. The van der Waals surface area contributed by atoms with E-state index in [1.54, 1.807) is 31.3 Å². The third-order valence-electron chi connectivity index (χ3n) is 4.95. The van der Waals surface area contributed by atoms with Gasteiger partial charge in [-0.05, 0) is 61.2 Å². The molecule has 1 aliphatic heterocycles. The number of nitrogens with zero attached hydrogens (tertiary/aromatic N) is 1. The van der Waals surface area contributed by atoms with Gasteiger partial charge in [0.1, 0.15) is 0 Å². The third kappa shape index (κ3) is 3.93. The number of nitrogens with two attached hydrogens (primary N) is 1. The van der Waals surface area contributed by atoms with Gasteiger partial charge < -0.3 is 11.1 Å². The Morgan fingerprint density at radius 3 is 2.04 bits per heavy atom. The molecule has 0 saturated heterocycles. The monoisotopic (exact) mass is 401 g/mol. The number of carbonyl (C=O) groups excluding carboxylic acids is 3. The molecule has 148 valence electrons. The largest absolute Gasteiger partial charge is 0.355 e. The van der Waals surface area contributed by atoms with E-state index in [1.165, 1.54) is 4.90 Å². The highest BCUT2D eigenvalue weighted by atomic mass is 35.5. The van der Waals surface area contributed by atoms with Crippen LogP contribution in [-0.2, 0) is 6.42 Å². The molecule has 7 heteroatoms. The van der Waals surface area contributed by atoms with Crippen molar-refractivity contribution in [1.29, 1.82) is 0 Å². The molecule has 0 radical (unpaired) electrons. The van der Waals surface area contributed by atoms with Gasteiger partial charge in [-0.3, -0.25) is 19.3 Å². The fourth-order valence-electron chi connectivity index (χ4n) is 3.56. The van der Waals surface area contributed by atoms with E-state index in [1.807, 2.05) is 26.0 Å². The highest BCUT2D eigenvalue weighted by molar-refractivity contribution is 6.21. The van der Waals surface area contributed by atoms with Gasteiger partial charge in [0.2, 0.25) is 0 Å². The molecule has 1 unspecified atom stereocenters. The summed E-state index contributed by atoms with van der Waals surface area (Å²) in [5.74, 6) is -0.730. The standard InChI is InChI=1S/C21H23N3O3.ClH/c1-12-8-14(19(25)23-3)9-13(2)18(12)10-15(22)11-24-20(26)16-6-4-5-7-17(16)21(24)27;/h4-9,15H,10-11,22H2,1-3H3,(H,23,25);1H. The van der Waals surface area contributed by atoms with E-state index in [-0.39, 0.29) is 36.7 Å². The zero-order valence-electron chi connectivity index (χ0n) is 16.1. The summed E-state index contributed by atoms with van der Waals surface area (Å²) < 4.78 is 0. The summed E-state index contributed by atoms with van der Waals surface area (Å²) in [5, 5.41) is 2.62. The minimum absolute atomic E-state index is 0. The number of rotatable bonds is 5. The summed E-state index contributed by atoms with van der Waals surface area (Å²) >= 11 is 0. The molecule has 2 aromatic rings. The molecule has 1 atom stereocenters. The predicted molar refractivity (Wildman–Crippen MR) is 110 cm³/mol. The van der Waals surface area contributed by atoms with E-state index >= 15 is 0 Å². The first-order chi connectivity index (χ1) is 12.8. The molecule has 6 nitrogen and oxygen atoms in total. The first-order valence-corrected chi connectivity index (χ1v) is 8.86. The molecule has 28 heavy (non-hydrogen) atoms. The number of hydrogen-bond acceptors (Lipinski definition) is 4. The summed E-state index contributed by atoms with van der Waals surface area (Å²) in [7, 11) is 1.60. The van der Waals surface area contributed by atoms with Gasteiger partial charge >= 0.3 is 0 Å². The van der Waals surface area contributed by atoms with Gasteiger partial charge in [0.15, 0.2) is 0 Å². The second kappa shape index (κ2) is 8.54. The molecule has 0 saturated carbocycles. The third-order valence-corrected chi connectivity index (χ3v) is 4.95. The van der Waals surface area contributed by atoms with Gasteiger partial charge in [-0.25, -0.2) is 0 Å². The molecular formula is C21H24ClN3O3. The van der Waals surface area contributed by atoms with Crippen LogP contribution in [0.15, 0.2) is 36.4 Å². The molecule has 0 aromatic heterocycles. The Balaban J connectivity index is 0.00000280. The predicted octanol–water partition coefficient (Wildman–Crippen LogP) is 2.25. The van der Waals surface area contributed by atoms with Crippen LogP contribution in [0, 0.1) is 13.8 Å². The fourth-order valence-corrected chi connectivity index (χ4v) is 3.56. The van der Waals surface area contributed by atoms with Crippen LogP contribution in [0.3, 0.4) is 0 Å². The van der Waals surface area contributed by atoms with Crippen LogP contribution in [0.4, 0.5) is 0 Å². The fraction of sp³-hybridized carbons (Fsp3) is 0.286. The van der Waals surface area contributed by atoms with E-state index < -0.39 is 6.04 Å². The lowest BCUT2D eigenvalue weighted by molar-refractivity contribution is 0.0644. The SMILES string of the molecule is CNC(=O)c1cc(C)c(CC(N)CN2C(=O)c3ccccc3C2=O)c(C)c1.Cl. The first kappa shape index (κ1) is 21.6. The van der Waals surface area contributed by atoms with Crippen LogP contribution < -0.4 is 11.1 Å². The summed E-state index contributed by atoms with van der Waals surface area (Å²) in [6.07, 6.45) is 0.513. The quantitative estimate of drug-likeness (QED) is 0.751. The van der Waals surface area contributed by atoms with E-state index in [0.717, 1.165) is 16.7 Å². The maximum Gasteiger partial charge on any atom is 0.261 e. The molecule has 0 fully saturated rings. The highest BCUT2D eigenvalue weighted by Gasteiger charge is 2.35. The van der Waals surface area contributed by atoms with Gasteiger partial charge in [0.25, 0.3) is 17.7 Å². The van der Waals surface area contributed by atoms with Gasteiger partial charge in [-0.2, -0.15) is 0 Å². The molecule has 3 N–H and O–H groups in total. The van der Waals surface area contributed by atoms with Gasteiger partial charge in [-0.1, -0.05) is 12.1 Å². The van der Waals surface area contributed by atoms with E-state index in [9.17, 15) is 14.4 Å². The second-order valence-corrected chi connectivity index (χ2v) is 6.90. The summed E-state index contributed by atoms with van der Waals surface area (Å²) in [5.41, 5.74) is 10.7. The van der Waals surface area contributed by atoms with E-state index in [0.29, 0.717) is 23.1 Å². The Hall–Kier alpha value is -2.70. The van der Waals surface area contributed by atoms with Crippen molar-refractivity contribution < 1.29 is 14.4 Å². The lowest BCUT2D eigenvalue weighted by Gasteiger charge is -2.21. The average Bonchev–Trinajstić information content (AvgIpc) is 2.89. The highest BCUT2D eigenvalue weighted by Crippen LogP contribution is 2.24. The smallest absolute Gasteiger partial charge is 0.261 e. The normalized spacial score (nSPS) is 13.8. The van der Waals surface area contributed by atoms with Gasteiger partial charge in [0.05, 0.1) is 11.1 Å². The summed E-state index contributed by atoms with van der Waals surface area (Å²) in [4.78, 5) is 38.0. The number of carbonyl (C=O) groups is 3. The van der Waals surface area contributed by atoms with Gasteiger partial charge in [-0.15, -0.1) is 12.4 Å². The minimum atomic E-state index is -0.393. The van der Waals surface area contributed by atoms with E-state index in [2.05, 4.69) is 5.32 Å². The van der Waals surface area contributed by atoms with Crippen molar-refractivity contribution in [2.24, 2.45) is 5.73 Å². The van der Waals surface area contributed by atoms with Crippen molar-refractivity contribution >= 4 is 30.1 Å². The van der Waals surface area contributed by atoms with Crippen molar-refractivity contribution in [2.45, 2.75) is 26.3 Å². The van der Waals surface area contributed by atoms with Gasteiger partial charge in [0, 0.05) is 25.2 Å². The maximum absolute atomic E-state index is 12.5. The van der Waals surface area contributed by atoms with Crippen LogP contribution in [0.2, 0.25) is 0 Å². The summed E-state index contributed by atoms with van der Waals surface area (Å²) in [6.45, 7) is 4.02.